The highest BCUT2D eigenvalue weighted by Crippen LogP contribution is 2.26. The number of amidine groups is 2. The minimum absolute atomic E-state index is 0.162. The van der Waals surface area contributed by atoms with Crippen LogP contribution in [0.4, 0.5) is 9.59 Å². The van der Waals surface area contributed by atoms with Gasteiger partial charge in [-0.3, -0.25) is 9.98 Å². The number of hydrogen-bond donors (Lipinski definition) is 2. The summed E-state index contributed by atoms with van der Waals surface area (Å²) in [6.45, 7) is 21.4. The summed E-state index contributed by atoms with van der Waals surface area (Å²) in [5.74, 6) is 0.637. The molecule has 22 heteroatoms. The number of esters is 2. The van der Waals surface area contributed by atoms with Gasteiger partial charge in [-0.05, 0) is 84.5 Å². The van der Waals surface area contributed by atoms with Crippen molar-refractivity contribution in [1.82, 2.24) is 20.4 Å². The van der Waals surface area contributed by atoms with Crippen molar-refractivity contribution in [2.75, 3.05) is 107 Å². The Kier molecular flexibility index (Phi) is 24.3. The second kappa shape index (κ2) is 27.8. The van der Waals surface area contributed by atoms with Gasteiger partial charge in [-0.2, -0.15) is 10.2 Å². The van der Waals surface area contributed by atoms with Crippen LogP contribution in [0.15, 0.2) is 45.0 Å². The summed E-state index contributed by atoms with van der Waals surface area (Å²) in [5.41, 5.74) is -1.17. The second-order valence-electron chi connectivity index (χ2n) is 16.2. The second-order valence-corrected chi connectivity index (χ2v) is 23.4. The molecule has 0 saturated carbocycles. The molecule has 0 saturated heterocycles. The molecular formula is C41H74N8O12Si2. The van der Waals surface area contributed by atoms with Crippen molar-refractivity contribution in [2.45, 2.75) is 95.6 Å². The maximum Gasteiger partial charge on any atom is 0.407 e. The first kappa shape index (κ1) is 54.9. The zero-order valence-corrected chi connectivity index (χ0v) is 41.2. The zero-order valence-electron chi connectivity index (χ0n) is 39.2. The maximum absolute atomic E-state index is 12.5. The lowest BCUT2D eigenvalue weighted by molar-refractivity contribution is -0.139. The standard InChI is InChI=1S/C41H74N8O12Si2/c1-12-34(50)58-25-15-31-62(54-8,55-9)29-13-17-44-38(52)60-27-23-48-21-19-42-36(48)40(4,5)46-47-41(6,7)37-43-20-22-49(37)24-28-61-39(53)45-18-14-30-63(56-10,57-11)32-16-26-59-35(51)33(2)3/h12H,1-2,13-32H2,3-11H3,(H,44,52)(H,45,53). The highest BCUT2D eigenvalue weighted by Gasteiger charge is 2.38. The molecule has 0 atom stereocenters. The lowest BCUT2D eigenvalue weighted by atomic mass is 10.0. The van der Waals surface area contributed by atoms with Gasteiger partial charge in [0.25, 0.3) is 0 Å². The van der Waals surface area contributed by atoms with Crippen LogP contribution in [0, 0.1) is 0 Å². The maximum atomic E-state index is 12.5. The third-order valence-corrected chi connectivity index (χ3v) is 18.0. The number of azo groups is 1. The van der Waals surface area contributed by atoms with E-state index >= 15 is 0 Å². The lowest BCUT2D eigenvalue weighted by Crippen LogP contribution is -2.45. The highest BCUT2D eigenvalue weighted by molar-refractivity contribution is 6.67. The number of hydrogen-bond acceptors (Lipinski definition) is 18. The number of ether oxygens (including phenoxy) is 4. The molecule has 0 unspecified atom stereocenters. The van der Waals surface area contributed by atoms with Gasteiger partial charge in [-0.25, -0.2) is 19.2 Å². The van der Waals surface area contributed by atoms with E-state index in [2.05, 4.69) is 33.6 Å². The molecule has 63 heavy (non-hydrogen) atoms. The minimum atomic E-state index is -2.52. The molecule has 2 amide bonds. The van der Waals surface area contributed by atoms with Crippen LogP contribution < -0.4 is 10.6 Å². The van der Waals surface area contributed by atoms with Gasteiger partial charge in [-0.1, -0.05) is 13.2 Å². The number of alkyl carbamates (subject to hydrolysis) is 2. The van der Waals surface area contributed by atoms with Crippen molar-refractivity contribution in [3.05, 3.63) is 24.8 Å². The minimum Gasteiger partial charge on any atom is -0.463 e. The van der Waals surface area contributed by atoms with Crippen LogP contribution in [0.1, 0.15) is 60.3 Å². The highest BCUT2D eigenvalue weighted by atomic mass is 28.4. The predicted molar refractivity (Wildman–Crippen MR) is 244 cm³/mol. The van der Waals surface area contributed by atoms with Crippen LogP contribution in [0.3, 0.4) is 0 Å². The van der Waals surface area contributed by atoms with Crippen LogP contribution >= 0.6 is 0 Å². The van der Waals surface area contributed by atoms with E-state index in [0.717, 1.165) is 17.7 Å². The number of carbonyl (C=O) groups excluding carboxylic acids is 4. The molecule has 0 bridgehead atoms. The first-order valence-electron chi connectivity index (χ1n) is 21.6. The average Bonchev–Trinajstić information content (AvgIpc) is 3.96. The molecule has 2 rings (SSSR count). The molecule has 0 aromatic carbocycles. The monoisotopic (exact) mass is 926 g/mol. The van der Waals surface area contributed by atoms with E-state index in [0.29, 0.717) is 108 Å². The van der Waals surface area contributed by atoms with Crippen molar-refractivity contribution in [2.24, 2.45) is 20.2 Å². The van der Waals surface area contributed by atoms with Crippen LogP contribution in [0.2, 0.25) is 24.2 Å². The van der Waals surface area contributed by atoms with Crippen LogP contribution in [-0.2, 0) is 46.2 Å². The fourth-order valence-electron chi connectivity index (χ4n) is 7.03. The number of carbonyl (C=O) groups is 4. The quantitative estimate of drug-likeness (QED) is 0.0232. The van der Waals surface area contributed by atoms with E-state index < -0.39 is 52.3 Å². The largest absolute Gasteiger partial charge is 0.463 e. The molecule has 0 aliphatic carbocycles. The van der Waals surface area contributed by atoms with Gasteiger partial charge in [0.1, 0.15) is 36.0 Å². The van der Waals surface area contributed by atoms with Crippen molar-refractivity contribution in [3.63, 3.8) is 0 Å². The Bertz CT molecular complexity index is 1590. The van der Waals surface area contributed by atoms with Crippen molar-refractivity contribution >= 4 is 52.9 Å². The third kappa shape index (κ3) is 19.2. The van der Waals surface area contributed by atoms with Gasteiger partial charge in [0.2, 0.25) is 0 Å². The Morgan fingerprint density at radius 1 is 0.667 bits per heavy atom. The molecule has 0 spiro atoms. The molecule has 358 valence electrons. The smallest absolute Gasteiger partial charge is 0.407 e. The fraction of sp³-hybridized carbons (Fsp3) is 0.756. The Hall–Kier alpha value is -4.23. The molecule has 0 radical (unpaired) electrons. The van der Waals surface area contributed by atoms with E-state index in [9.17, 15) is 19.2 Å². The van der Waals surface area contributed by atoms with Crippen molar-refractivity contribution < 1.29 is 55.8 Å². The number of amides is 2. The van der Waals surface area contributed by atoms with Gasteiger partial charge < -0.3 is 57.1 Å². The van der Waals surface area contributed by atoms with Crippen molar-refractivity contribution in [3.8, 4) is 0 Å². The number of aliphatic imine (C=N–C) groups is 2. The summed E-state index contributed by atoms with van der Waals surface area (Å²) in [7, 11) is 1.46. The van der Waals surface area contributed by atoms with Gasteiger partial charge >= 0.3 is 41.2 Å². The molecule has 0 aromatic rings. The Balaban J connectivity index is 1.76. The average molecular weight is 927 g/mol. The lowest BCUT2D eigenvalue weighted by Gasteiger charge is -2.31. The van der Waals surface area contributed by atoms with Gasteiger partial charge in [0, 0.05) is 66.3 Å². The number of nitrogens with one attached hydrogen (secondary N) is 2. The summed E-state index contributed by atoms with van der Waals surface area (Å²) in [6.07, 6.45) is 2.59. The van der Waals surface area contributed by atoms with Gasteiger partial charge in [0.05, 0.1) is 39.4 Å². The molecule has 20 nitrogen and oxygen atoms in total. The topological polar surface area (TPSA) is 222 Å². The van der Waals surface area contributed by atoms with Crippen LogP contribution in [0.5, 0.6) is 0 Å². The Morgan fingerprint density at radius 2 is 1.06 bits per heavy atom. The Morgan fingerprint density at radius 3 is 1.44 bits per heavy atom. The number of rotatable bonds is 32. The van der Waals surface area contributed by atoms with E-state index in [4.69, 9.17) is 56.9 Å². The summed E-state index contributed by atoms with van der Waals surface area (Å²) in [5, 5.41) is 15.1. The molecule has 2 N–H and O–H groups in total. The van der Waals surface area contributed by atoms with E-state index in [1.54, 1.807) is 35.4 Å². The molecule has 2 aliphatic heterocycles. The van der Waals surface area contributed by atoms with E-state index in [-0.39, 0.29) is 26.4 Å². The van der Waals surface area contributed by atoms with Gasteiger partial charge in [0.15, 0.2) is 0 Å². The van der Waals surface area contributed by atoms with E-state index in [1.165, 1.54) is 0 Å². The van der Waals surface area contributed by atoms with Crippen LogP contribution in [-0.4, -0.2) is 181 Å². The third-order valence-electron chi connectivity index (χ3n) is 10.6. The Labute approximate surface area is 376 Å². The predicted octanol–water partition coefficient (Wildman–Crippen LogP) is 4.76. The first-order valence-corrected chi connectivity index (χ1v) is 26.1. The summed E-state index contributed by atoms with van der Waals surface area (Å²) >= 11 is 0. The molecule has 2 aliphatic rings. The van der Waals surface area contributed by atoms with E-state index in [1.807, 2.05) is 27.7 Å². The molecule has 2 heterocycles. The fourth-order valence-corrected chi connectivity index (χ4v) is 12.3. The molecule has 0 fully saturated rings. The number of nitrogens with zero attached hydrogens (tertiary/aromatic N) is 6. The molecule has 0 aromatic heterocycles. The van der Waals surface area contributed by atoms with Crippen molar-refractivity contribution in [1.29, 1.82) is 0 Å². The SMILES string of the molecule is C=CC(=O)OCCC[Si](CCCNC(=O)OCCN1CCN=C1C(C)(C)N=NC(C)(C)C1=NCCN1CCOC(=O)NCCC[Si](CCCOC(=O)C(=C)C)(OC)OC)(OC)OC. The summed E-state index contributed by atoms with van der Waals surface area (Å²) in [4.78, 5) is 61.6. The van der Waals surface area contributed by atoms with Gasteiger partial charge in [-0.15, -0.1) is 0 Å². The first-order chi connectivity index (χ1) is 29.9. The normalized spacial score (nSPS) is 14.6. The summed E-state index contributed by atoms with van der Waals surface area (Å²) < 4.78 is 44.3. The molecular weight excluding hydrogens is 853 g/mol. The zero-order chi connectivity index (χ0) is 46.9. The summed E-state index contributed by atoms with van der Waals surface area (Å²) in [6, 6.07) is 2.59. The van der Waals surface area contributed by atoms with Crippen LogP contribution in [0.25, 0.3) is 0 Å².